The minimum Gasteiger partial charge on any atom is -0.468 e. The first kappa shape index (κ1) is 32.2. The van der Waals surface area contributed by atoms with E-state index in [0.29, 0.717) is 46.6 Å². The van der Waals surface area contributed by atoms with Gasteiger partial charge in [-0.3, -0.25) is 0 Å². The topological polar surface area (TPSA) is 97.3 Å². The Labute approximate surface area is 258 Å². The fraction of sp³-hybridized carbons (Fsp3) is 0.333. The molecular weight excluding hydrogens is 560 g/mol. The van der Waals surface area contributed by atoms with E-state index in [4.69, 9.17) is 27.8 Å². The molecule has 0 bridgehead atoms. The van der Waals surface area contributed by atoms with Crippen molar-refractivity contribution in [1.29, 1.82) is 0 Å². The van der Waals surface area contributed by atoms with Crippen LogP contribution in [-0.2, 0) is 22.3 Å². The van der Waals surface area contributed by atoms with Crippen LogP contribution in [0.5, 0.6) is 11.9 Å². The monoisotopic (exact) mass is 600 g/mol. The Kier molecular flexibility index (Phi) is 11.1. The van der Waals surface area contributed by atoms with Gasteiger partial charge in [0.05, 0.1) is 28.4 Å². The van der Waals surface area contributed by atoms with Gasteiger partial charge in [0.1, 0.15) is 22.6 Å². The first-order valence-corrected chi connectivity index (χ1v) is 14.9. The third kappa shape index (κ3) is 6.44. The van der Waals surface area contributed by atoms with Crippen LogP contribution < -0.4 is 9.47 Å². The molecule has 232 valence electrons. The van der Waals surface area contributed by atoms with E-state index in [-0.39, 0.29) is 23.0 Å². The second kappa shape index (κ2) is 15.1. The number of unbranched alkanes of at least 4 members (excludes halogenated alkanes) is 2. The van der Waals surface area contributed by atoms with Crippen molar-refractivity contribution >= 4 is 23.1 Å². The van der Waals surface area contributed by atoms with Gasteiger partial charge in [0.2, 0.25) is 0 Å². The number of rotatable bonds is 14. The number of ether oxygens (including phenoxy) is 4. The van der Waals surface area contributed by atoms with Crippen molar-refractivity contribution in [3.8, 4) is 11.9 Å². The Hall–Kier alpha value is -4.72. The lowest BCUT2D eigenvalue weighted by Gasteiger charge is -2.17. The predicted octanol–water partition coefficient (Wildman–Crippen LogP) is 8.16. The van der Waals surface area contributed by atoms with Crippen LogP contribution in [0.15, 0.2) is 69.5 Å². The van der Waals surface area contributed by atoms with Crippen LogP contribution in [0, 0.1) is 0 Å². The van der Waals surface area contributed by atoms with E-state index in [0.717, 1.165) is 36.8 Å². The molecule has 0 spiro atoms. The van der Waals surface area contributed by atoms with Crippen LogP contribution in [0.25, 0.3) is 11.1 Å². The second-order valence-corrected chi connectivity index (χ2v) is 10.2. The van der Waals surface area contributed by atoms with Crippen LogP contribution in [-0.4, -0.2) is 40.4 Å². The van der Waals surface area contributed by atoms with Gasteiger partial charge in [-0.1, -0.05) is 87.4 Å². The maximum absolute atomic E-state index is 13.2. The third-order valence-corrected chi connectivity index (χ3v) is 7.49. The molecule has 0 fully saturated rings. The van der Waals surface area contributed by atoms with E-state index in [1.54, 1.807) is 0 Å². The van der Waals surface area contributed by atoms with Crippen LogP contribution in [0.2, 0.25) is 0 Å². The van der Waals surface area contributed by atoms with Gasteiger partial charge in [-0.25, -0.2) is 9.59 Å². The highest BCUT2D eigenvalue weighted by molar-refractivity contribution is 6.07. The smallest absolute Gasteiger partial charge is 0.345 e. The predicted molar refractivity (Wildman–Crippen MR) is 168 cm³/mol. The number of benzene rings is 2. The zero-order valence-electron chi connectivity index (χ0n) is 26.3. The third-order valence-electron chi connectivity index (χ3n) is 7.49. The molecule has 0 N–H and O–H groups in total. The largest absolute Gasteiger partial charge is 0.468 e. The number of carbonyl (C=O) groups is 2. The molecule has 8 nitrogen and oxygen atoms in total. The van der Waals surface area contributed by atoms with Gasteiger partial charge in [-0.15, -0.1) is 0 Å². The lowest BCUT2D eigenvalue weighted by atomic mass is 9.86. The molecule has 0 aliphatic carbocycles. The molecular formula is C36H40O8. The Morgan fingerprint density at radius 2 is 0.955 bits per heavy atom. The van der Waals surface area contributed by atoms with Crippen LogP contribution in [0.3, 0.4) is 0 Å². The number of methoxy groups -OCH3 is 4. The normalized spacial score (nSPS) is 11.6. The molecule has 0 radical (unpaired) electrons. The molecule has 2 aromatic carbocycles. The highest BCUT2D eigenvalue weighted by atomic mass is 16.6. The lowest BCUT2D eigenvalue weighted by Crippen LogP contribution is -2.08. The van der Waals surface area contributed by atoms with Crippen LogP contribution in [0.4, 0.5) is 0 Å². The summed E-state index contributed by atoms with van der Waals surface area (Å²) in [5.41, 5.74) is 4.80. The summed E-state index contributed by atoms with van der Waals surface area (Å²) >= 11 is 0. The zero-order valence-corrected chi connectivity index (χ0v) is 26.3. The molecule has 4 aromatic rings. The molecule has 0 amide bonds. The fourth-order valence-corrected chi connectivity index (χ4v) is 5.36. The summed E-state index contributed by atoms with van der Waals surface area (Å²) in [7, 11) is 5.60. The van der Waals surface area contributed by atoms with Gasteiger partial charge in [-0.2, -0.15) is 0 Å². The van der Waals surface area contributed by atoms with Gasteiger partial charge in [-0.05, 0) is 36.8 Å². The SMILES string of the molecule is CCCCc1c(/C(=C(/c2ccccc2)c2oc(OC)c(C(=O)OC)c2CCCC)c2ccccc2)oc(OC)c1C(=O)OC. The molecule has 44 heavy (non-hydrogen) atoms. The van der Waals surface area contributed by atoms with Crippen molar-refractivity contribution in [2.24, 2.45) is 0 Å². The first-order valence-electron chi connectivity index (χ1n) is 14.9. The van der Waals surface area contributed by atoms with Gasteiger partial charge >= 0.3 is 11.9 Å². The van der Waals surface area contributed by atoms with Crippen molar-refractivity contribution in [2.75, 3.05) is 28.4 Å². The minimum atomic E-state index is -0.548. The van der Waals surface area contributed by atoms with Crippen molar-refractivity contribution < 1.29 is 37.4 Å². The van der Waals surface area contributed by atoms with E-state index in [1.807, 2.05) is 60.7 Å². The summed E-state index contributed by atoms with van der Waals surface area (Å²) in [4.78, 5) is 26.3. The number of hydrogen-bond donors (Lipinski definition) is 0. The Morgan fingerprint density at radius 1 is 0.591 bits per heavy atom. The summed E-state index contributed by atoms with van der Waals surface area (Å²) in [6, 6.07) is 19.5. The maximum atomic E-state index is 13.2. The van der Waals surface area contributed by atoms with Gasteiger partial charge < -0.3 is 27.8 Å². The van der Waals surface area contributed by atoms with E-state index in [1.165, 1.54) is 28.4 Å². The number of esters is 2. The Bertz CT molecular complexity index is 1470. The molecule has 0 aliphatic rings. The highest BCUT2D eigenvalue weighted by Crippen LogP contribution is 2.46. The lowest BCUT2D eigenvalue weighted by molar-refractivity contribution is 0.0583. The molecule has 8 heteroatoms. The second-order valence-electron chi connectivity index (χ2n) is 10.2. The summed E-state index contributed by atoms with van der Waals surface area (Å²) in [6.45, 7) is 4.17. The number of furan rings is 2. The maximum Gasteiger partial charge on any atom is 0.345 e. The molecule has 0 atom stereocenters. The van der Waals surface area contributed by atoms with Gasteiger partial charge in [0.15, 0.2) is 0 Å². The molecule has 2 heterocycles. The minimum absolute atomic E-state index is 0.0669. The van der Waals surface area contributed by atoms with Crippen LogP contribution in [0.1, 0.15) is 94.0 Å². The number of hydrogen-bond acceptors (Lipinski definition) is 8. The van der Waals surface area contributed by atoms with Gasteiger partial charge in [0, 0.05) is 22.3 Å². The van der Waals surface area contributed by atoms with E-state index >= 15 is 0 Å². The average Bonchev–Trinajstić information content (AvgIpc) is 3.62. The summed E-state index contributed by atoms with van der Waals surface area (Å²) in [5, 5.41) is 0. The standard InChI is InChI=1S/C36H40O8/c1-7-9-21-25-29(33(37)39-3)35(41-5)43-31(25)27(23-17-13-11-14-18-23)28(24-19-15-12-16-20-24)32-26(22-10-8-2)30(34(38)40-4)36(42-6)44-32/h11-20H,7-10,21-22H2,1-6H3/b28-27-. The van der Waals surface area contributed by atoms with Crippen molar-refractivity contribution in [3.63, 3.8) is 0 Å². The quantitative estimate of drug-likeness (QED) is 0.106. The van der Waals surface area contributed by atoms with E-state index < -0.39 is 11.9 Å². The van der Waals surface area contributed by atoms with Crippen LogP contribution >= 0.6 is 0 Å². The molecule has 2 aromatic heterocycles. The summed E-state index contributed by atoms with van der Waals surface area (Å²) < 4.78 is 34.5. The molecule has 0 saturated heterocycles. The van der Waals surface area contributed by atoms with E-state index in [9.17, 15) is 9.59 Å². The Balaban J connectivity index is 2.26. The molecule has 4 rings (SSSR count). The van der Waals surface area contributed by atoms with E-state index in [2.05, 4.69) is 13.8 Å². The number of carbonyl (C=O) groups excluding carboxylic acids is 2. The highest BCUT2D eigenvalue weighted by Gasteiger charge is 2.35. The van der Waals surface area contributed by atoms with Crippen molar-refractivity contribution in [3.05, 3.63) is 106 Å². The van der Waals surface area contributed by atoms with Crippen molar-refractivity contribution in [1.82, 2.24) is 0 Å². The first-order chi connectivity index (χ1) is 21.4. The summed E-state index contributed by atoms with van der Waals surface area (Å²) in [6.07, 6.45) is 4.46. The average molecular weight is 601 g/mol. The molecule has 0 aliphatic heterocycles. The Morgan fingerprint density at radius 3 is 1.25 bits per heavy atom. The summed E-state index contributed by atoms with van der Waals surface area (Å²) in [5.74, 6) is -0.0512. The zero-order chi connectivity index (χ0) is 31.6. The molecule has 0 saturated carbocycles. The molecule has 0 unspecified atom stereocenters. The fourth-order valence-electron chi connectivity index (χ4n) is 5.36. The van der Waals surface area contributed by atoms with Gasteiger partial charge in [0.25, 0.3) is 11.9 Å². The van der Waals surface area contributed by atoms with Crippen molar-refractivity contribution in [2.45, 2.75) is 52.4 Å².